The largest absolute Gasteiger partial charge is 0.457 e. The number of carbonyl (C=O) groups excluding carboxylic acids is 1. The molecule has 0 bridgehead atoms. The predicted molar refractivity (Wildman–Crippen MR) is 154 cm³/mol. The normalized spacial score (nSPS) is 17.6. The SMILES string of the molecule is CN(CC=CC(=O)N1CC[C@@H](n2c(=O)n(-c3ccc(Oc4ccccc4)cc3)c3c(N)ncnc32)C1)C1CCC1. The fraction of sp³-hybridized carbons (Fsp3) is 0.333. The number of carbonyl (C=O) groups is 1. The first kappa shape index (κ1) is 25.8. The Labute approximate surface area is 232 Å². The number of likely N-dealkylation sites (N-methyl/N-ethyl adjacent to an activating group) is 1. The van der Waals surface area contributed by atoms with Crippen molar-refractivity contribution in [3.63, 3.8) is 0 Å². The van der Waals surface area contributed by atoms with Crippen molar-refractivity contribution >= 4 is 22.9 Å². The summed E-state index contributed by atoms with van der Waals surface area (Å²) < 4.78 is 9.10. The van der Waals surface area contributed by atoms with E-state index in [4.69, 9.17) is 10.5 Å². The topological polar surface area (TPSA) is 112 Å². The van der Waals surface area contributed by atoms with Crippen LogP contribution in [0, 0.1) is 0 Å². The molecule has 1 amide bonds. The van der Waals surface area contributed by atoms with Gasteiger partial charge in [-0.3, -0.25) is 18.8 Å². The van der Waals surface area contributed by atoms with Crippen LogP contribution in [-0.2, 0) is 4.79 Å². The third kappa shape index (κ3) is 4.98. The Bertz CT molecular complexity index is 1590. The van der Waals surface area contributed by atoms with Crippen LogP contribution in [-0.4, -0.2) is 67.5 Å². The van der Waals surface area contributed by atoms with Crippen molar-refractivity contribution in [3.8, 4) is 17.2 Å². The average Bonchev–Trinajstić information content (AvgIpc) is 3.52. The third-order valence-electron chi connectivity index (χ3n) is 7.95. The van der Waals surface area contributed by atoms with Gasteiger partial charge in [-0.15, -0.1) is 0 Å². The number of rotatable bonds is 8. The van der Waals surface area contributed by atoms with Crippen LogP contribution in [0.3, 0.4) is 0 Å². The van der Waals surface area contributed by atoms with E-state index in [9.17, 15) is 9.59 Å². The molecule has 1 aliphatic heterocycles. The summed E-state index contributed by atoms with van der Waals surface area (Å²) in [5.41, 5.74) is 7.54. The van der Waals surface area contributed by atoms with Gasteiger partial charge in [-0.1, -0.05) is 30.7 Å². The fourth-order valence-corrected chi connectivity index (χ4v) is 5.48. The zero-order valence-corrected chi connectivity index (χ0v) is 22.5. The highest BCUT2D eigenvalue weighted by atomic mass is 16.5. The lowest BCUT2D eigenvalue weighted by atomic mass is 9.92. The van der Waals surface area contributed by atoms with E-state index in [0.717, 1.165) is 12.3 Å². The first-order valence-electron chi connectivity index (χ1n) is 13.7. The van der Waals surface area contributed by atoms with E-state index in [1.54, 1.807) is 15.5 Å². The highest BCUT2D eigenvalue weighted by Gasteiger charge is 2.31. The Balaban J connectivity index is 1.23. The van der Waals surface area contributed by atoms with Crippen LogP contribution in [0.4, 0.5) is 5.82 Å². The van der Waals surface area contributed by atoms with Crippen molar-refractivity contribution in [3.05, 3.63) is 83.6 Å². The van der Waals surface area contributed by atoms with Gasteiger partial charge in [-0.05, 0) is 62.7 Å². The van der Waals surface area contributed by atoms with Gasteiger partial charge in [-0.2, -0.15) is 0 Å². The van der Waals surface area contributed by atoms with Crippen molar-refractivity contribution in [1.82, 2.24) is 28.9 Å². The number of ether oxygens (including phenoxy) is 1. The van der Waals surface area contributed by atoms with Gasteiger partial charge < -0.3 is 15.4 Å². The second-order valence-electron chi connectivity index (χ2n) is 10.5. The molecule has 2 N–H and O–H groups in total. The van der Waals surface area contributed by atoms with Crippen molar-refractivity contribution in [2.24, 2.45) is 0 Å². The van der Waals surface area contributed by atoms with Gasteiger partial charge in [0.2, 0.25) is 5.91 Å². The minimum absolute atomic E-state index is 0.0376. The van der Waals surface area contributed by atoms with E-state index in [0.29, 0.717) is 48.2 Å². The maximum absolute atomic E-state index is 13.9. The third-order valence-corrected chi connectivity index (χ3v) is 7.95. The van der Waals surface area contributed by atoms with Crippen LogP contribution in [0.2, 0.25) is 0 Å². The quantitative estimate of drug-likeness (QED) is 0.339. The van der Waals surface area contributed by atoms with Crippen molar-refractivity contribution in [1.29, 1.82) is 0 Å². The van der Waals surface area contributed by atoms with Gasteiger partial charge in [0.15, 0.2) is 11.5 Å². The molecule has 3 heterocycles. The highest BCUT2D eigenvalue weighted by molar-refractivity contribution is 5.88. The summed E-state index contributed by atoms with van der Waals surface area (Å²) in [6, 6.07) is 17.1. The maximum Gasteiger partial charge on any atom is 0.335 e. The fourth-order valence-electron chi connectivity index (χ4n) is 5.48. The number of fused-ring (bicyclic) bond motifs is 1. The summed E-state index contributed by atoms with van der Waals surface area (Å²) in [5, 5.41) is 0. The van der Waals surface area contributed by atoms with Gasteiger partial charge in [0.05, 0.1) is 11.7 Å². The zero-order valence-electron chi connectivity index (χ0n) is 22.5. The summed E-state index contributed by atoms with van der Waals surface area (Å²) in [6.07, 6.45) is 9.35. The summed E-state index contributed by atoms with van der Waals surface area (Å²) in [6.45, 7) is 1.75. The van der Waals surface area contributed by atoms with E-state index in [1.165, 1.54) is 30.2 Å². The number of nitrogens with two attached hydrogens (primary N) is 1. The molecule has 2 aromatic heterocycles. The molecule has 0 radical (unpaired) electrons. The van der Waals surface area contributed by atoms with Crippen LogP contribution < -0.4 is 16.2 Å². The summed E-state index contributed by atoms with van der Waals surface area (Å²) >= 11 is 0. The second-order valence-corrected chi connectivity index (χ2v) is 10.5. The summed E-state index contributed by atoms with van der Waals surface area (Å²) in [5.74, 6) is 1.55. The molecule has 206 valence electrons. The zero-order chi connectivity index (χ0) is 27.6. The second kappa shape index (κ2) is 11.0. The Kier molecular flexibility index (Phi) is 7.08. The number of anilines is 1. The van der Waals surface area contributed by atoms with Crippen LogP contribution in [0.15, 0.2) is 77.9 Å². The Morgan fingerprint density at radius 2 is 1.82 bits per heavy atom. The monoisotopic (exact) mass is 539 g/mol. The van der Waals surface area contributed by atoms with Crippen LogP contribution >= 0.6 is 0 Å². The number of nitrogen functional groups attached to an aromatic ring is 1. The lowest BCUT2D eigenvalue weighted by Gasteiger charge is -2.33. The number of aromatic nitrogens is 4. The van der Waals surface area contributed by atoms with E-state index in [1.807, 2.05) is 60.7 Å². The molecule has 2 aromatic carbocycles. The highest BCUT2D eigenvalue weighted by Crippen LogP contribution is 2.29. The van der Waals surface area contributed by atoms with Gasteiger partial charge in [0.1, 0.15) is 23.3 Å². The standard InChI is InChI=1S/C30H33N7O3/c1-34(21-7-5-8-21)17-6-11-26(38)35-18-16-23(19-35)37-29-27(28(31)32-20-33-29)36(30(37)39)22-12-14-25(15-13-22)40-24-9-3-2-4-10-24/h2-4,6,9-15,20-21,23H,5,7-8,16-19H2,1H3,(H2,31,32,33)/t23-/m1/s1. The van der Waals surface area contributed by atoms with Crippen molar-refractivity contribution < 1.29 is 9.53 Å². The molecule has 10 heteroatoms. The lowest BCUT2D eigenvalue weighted by Crippen LogP contribution is -2.37. The molecule has 1 atom stereocenters. The first-order chi connectivity index (χ1) is 19.5. The molecule has 0 unspecified atom stereocenters. The van der Waals surface area contributed by atoms with E-state index in [-0.39, 0.29) is 23.5 Å². The number of benzene rings is 2. The van der Waals surface area contributed by atoms with Gasteiger partial charge in [0, 0.05) is 31.8 Å². The molecule has 1 saturated heterocycles. The molecule has 0 spiro atoms. The number of amides is 1. The van der Waals surface area contributed by atoms with Crippen LogP contribution in [0.25, 0.3) is 16.9 Å². The minimum atomic E-state index is -0.268. The van der Waals surface area contributed by atoms with Crippen LogP contribution in [0.1, 0.15) is 31.7 Å². The minimum Gasteiger partial charge on any atom is -0.457 e. The van der Waals surface area contributed by atoms with E-state index < -0.39 is 0 Å². The number of para-hydroxylation sites is 1. The van der Waals surface area contributed by atoms with Crippen LogP contribution in [0.5, 0.6) is 11.5 Å². The number of imidazole rings is 1. The number of hydrogen-bond acceptors (Lipinski definition) is 7. The molecule has 1 saturated carbocycles. The Morgan fingerprint density at radius 1 is 1.07 bits per heavy atom. The molecule has 4 aromatic rings. The molecular weight excluding hydrogens is 506 g/mol. The summed E-state index contributed by atoms with van der Waals surface area (Å²) in [4.78, 5) is 39.5. The molecular formula is C30H33N7O3. The predicted octanol–water partition coefficient (Wildman–Crippen LogP) is 3.77. The number of nitrogens with zero attached hydrogens (tertiary/aromatic N) is 6. The summed E-state index contributed by atoms with van der Waals surface area (Å²) in [7, 11) is 2.10. The Morgan fingerprint density at radius 3 is 2.55 bits per heavy atom. The molecule has 1 aliphatic carbocycles. The van der Waals surface area contributed by atoms with E-state index in [2.05, 4.69) is 21.9 Å². The smallest absolute Gasteiger partial charge is 0.335 e. The number of hydrogen-bond donors (Lipinski definition) is 1. The number of likely N-dealkylation sites (tertiary alicyclic amines) is 1. The van der Waals surface area contributed by atoms with Crippen molar-refractivity contribution in [2.45, 2.75) is 37.8 Å². The van der Waals surface area contributed by atoms with Gasteiger partial charge >= 0.3 is 5.69 Å². The van der Waals surface area contributed by atoms with Crippen molar-refractivity contribution in [2.75, 3.05) is 32.4 Å². The van der Waals surface area contributed by atoms with E-state index >= 15 is 0 Å². The molecule has 10 nitrogen and oxygen atoms in total. The maximum atomic E-state index is 13.9. The average molecular weight is 540 g/mol. The van der Waals surface area contributed by atoms with Gasteiger partial charge in [0.25, 0.3) is 0 Å². The molecule has 6 rings (SSSR count). The molecule has 2 fully saturated rings. The molecule has 2 aliphatic rings. The van der Waals surface area contributed by atoms with Gasteiger partial charge in [-0.25, -0.2) is 14.8 Å². The first-order valence-corrected chi connectivity index (χ1v) is 13.7. The molecule has 40 heavy (non-hydrogen) atoms. The Hall–Kier alpha value is -4.44. The lowest BCUT2D eigenvalue weighted by molar-refractivity contribution is -0.125.